The van der Waals surface area contributed by atoms with Crippen LogP contribution in [-0.4, -0.2) is 68.2 Å². The number of nitrogens with two attached hydrogens (primary N) is 1. The molecule has 3 heterocycles. The van der Waals surface area contributed by atoms with E-state index in [0.717, 1.165) is 57.4 Å². The van der Waals surface area contributed by atoms with Gasteiger partial charge < -0.3 is 20.3 Å². The first-order valence-corrected chi connectivity index (χ1v) is 9.94. The lowest BCUT2D eigenvalue weighted by Crippen LogP contribution is -2.49. The van der Waals surface area contributed by atoms with Gasteiger partial charge >= 0.3 is 0 Å². The SMILES string of the molecule is CN1CCC(C2CCN(C(=O)C(N)CC3CCOCC3)CC2)CC1. The highest BCUT2D eigenvalue weighted by Crippen LogP contribution is 2.32. The van der Waals surface area contributed by atoms with Gasteiger partial charge in [0.1, 0.15) is 0 Å². The largest absolute Gasteiger partial charge is 0.381 e. The Kier molecular flexibility index (Phi) is 6.53. The van der Waals surface area contributed by atoms with Crippen LogP contribution in [-0.2, 0) is 9.53 Å². The first-order chi connectivity index (χ1) is 11.6. The fourth-order valence-electron chi connectivity index (χ4n) is 4.77. The fourth-order valence-corrected chi connectivity index (χ4v) is 4.77. The van der Waals surface area contributed by atoms with Gasteiger partial charge in [-0.2, -0.15) is 0 Å². The van der Waals surface area contributed by atoms with Crippen molar-refractivity contribution < 1.29 is 9.53 Å². The number of piperidine rings is 2. The highest BCUT2D eigenvalue weighted by Gasteiger charge is 2.32. The molecule has 0 aromatic heterocycles. The third-order valence-electron chi connectivity index (χ3n) is 6.53. The summed E-state index contributed by atoms with van der Waals surface area (Å²) in [6.45, 7) is 5.95. The van der Waals surface area contributed by atoms with E-state index in [1.54, 1.807) is 0 Å². The lowest BCUT2D eigenvalue weighted by molar-refractivity contribution is -0.135. The van der Waals surface area contributed by atoms with Gasteiger partial charge in [0.25, 0.3) is 0 Å². The molecule has 0 bridgehead atoms. The van der Waals surface area contributed by atoms with Gasteiger partial charge in [-0.25, -0.2) is 0 Å². The van der Waals surface area contributed by atoms with Crippen LogP contribution < -0.4 is 5.73 Å². The number of carbonyl (C=O) groups excluding carboxylic acids is 1. The summed E-state index contributed by atoms with van der Waals surface area (Å²) in [7, 11) is 2.22. The van der Waals surface area contributed by atoms with Gasteiger partial charge in [-0.1, -0.05) is 0 Å². The van der Waals surface area contributed by atoms with E-state index in [0.29, 0.717) is 5.92 Å². The minimum Gasteiger partial charge on any atom is -0.381 e. The molecule has 5 heteroatoms. The maximum atomic E-state index is 12.7. The summed E-state index contributed by atoms with van der Waals surface area (Å²) in [4.78, 5) is 17.1. The Bertz CT molecular complexity index is 395. The Balaban J connectivity index is 1.41. The monoisotopic (exact) mass is 337 g/mol. The molecule has 0 radical (unpaired) electrons. The van der Waals surface area contributed by atoms with Gasteiger partial charge in [0.2, 0.25) is 5.91 Å². The van der Waals surface area contributed by atoms with E-state index in [9.17, 15) is 4.79 Å². The standard InChI is InChI=1S/C19H35N3O2/c1-21-8-2-16(3-9-21)17-4-10-22(11-5-17)19(23)18(20)14-15-6-12-24-13-7-15/h15-18H,2-14,20H2,1H3. The summed E-state index contributed by atoms with van der Waals surface area (Å²) in [5.41, 5.74) is 6.23. The van der Waals surface area contributed by atoms with Gasteiger partial charge in [-0.15, -0.1) is 0 Å². The molecule has 2 N–H and O–H groups in total. The molecule has 3 fully saturated rings. The van der Waals surface area contributed by atoms with Crippen molar-refractivity contribution in [3.8, 4) is 0 Å². The normalized spacial score (nSPS) is 27.3. The van der Waals surface area contributed by atoms with E-state index in [-0.39, 0.29) is 11.9 Å². The van der Waals surface area contributed by atoms with Gasteiger partial charge in [0.05, 0.1) is 6.04 Å². The molecule has 0 aliphatic carbocycles. The molecule has 0 saturated carbocycles. The molecule has 0 aromatic rings. The third-order valence-corrected chi connectivity index (χ3v) is 6.53. The van der Waals surface area contributed by atoms with E-state index in [1.807, 2.05) is 4.90 Å². The lowest BCUT2D eigenvalue weighted by Gasteiger charge is -2.40. The van der Waals surface area contributed by atoms with E-state index in [1.165, 1.54) is 38.8 Å². The van der Waals surface area contributed by atoms with Gasteiger partial charge in [0.15, 0.2) is 0 Å². The fraction of sp³-hybridized carbons (Fsp3) is 0.947. The summed E-state index contributed by atoms with van der Waals surface area (Å²) in [5.74, 6) is 2.43. The quantitative estimate of drug-likeness (QED) is 0.848. The van der Waals surface area contributed by atoms with Gasteiger partial charge in [0, 0.05) is 26.3 Å². The van der Waals surface area contributed by atoms with Crippen molar-refractivity contribution in [3.63, 3.8) is 0 Å². The van der Waals surface area contributed by atoms with Crippen molar-refractivity contribution in [1.29, 1.82) is 0 Å². The first kappa shape index (κ1) is 18.2. The predicted molar refractivity (Wildman–Crippen MR) is 95.7 cm³/mol. The number of carbonyl (C=O) groups is 1. The summed E-state index contributed by atoms with van der Waals surface area (Å²) in [5, 5.41) is 0. The molecule has 5 nitrogen and oxygen atoms in total. The van der Waals surface area contributed by atoms with Crippen molar-refractivity contribution in [2.75, 3.05) is 46.4 Å². The minimum absolute atomic E-state index is 0.184. The number of nitrogens with zero attached hydrogens (tertiary/aromatic N) is 2. The number of hydrogen-bond acceptors (Lipinski definition) is 4. The molecule has 1 unspecified atom stereocenters. The van der Waals surface area contributed by atoms with Crippen molar-refractivity contribution in [2.24, 2.45) is 23.5 Å². The molecular formula is C19H35N3O2. The number of hydrogen-bond donors (Lipinski definition) is 1. The average Bonchev–Trinajstić information content (AvgIpc) is 2.63. The van der Waals surface area contributed by atoms with Crippen molar-refractivity contribution >= 4 is 5.91 Å². The van der Waals surface area contributed by atoms with Crippen LogP contribution in [0.15, 0.2) is 0 Å². The second kappa shape index (κ2) is 8.63. The molecule has 24 heavy (non-hydrogen) atoms. The zero-order valence-electron chi connectivity index (χ0n) is 15.3. The minimum atomic E-state index is -0.312. The zero-order chi connectivity index (χ0) is 16.9. The highest BCUT2D eigenvalue weighted by atomic mass is 16.5. The second-order valence-electron chi connectivity index (χ2n) is 8.20. The van der Waals surface area contributed by atoms with Crippen LogP contribution in [0.3, 0.4) is 0 Å². The van der Waals surface area contributed by atoms with Crippen molar-refractivity contribution in [3.05, 3.63) is 0 Å². The number of amides is 1. The average molecular weight is 338 g/mol. The summed E-state index contributed by atoms with van der Waals surface area (Å²) in [6.07, 6.45) is 7.94. The molecule has 3 rings (SSSR count). The lowest BCUT2D eigenvalue weighted by atomic mass is 9.78. The Hall–Kier alpha value is -0.650. The maximum Gasteiger partial charge on any atom is 0.239 e. The molecule has 3 saturated heterocycles. The van der Waals surface area contributed by atoms with E-state index in [2.05, 4.69) is 11.9 Å². The van der Waals surface area contributed by atoms with Gasteiger partial charge in [-0.05, 0) is 82.8 Å². The Labute approximate surface area is 146 Å². The van der Waals surface area contributed by atoms with Crippen LogP contribution in [0.4, 0.5) is 0 Å². The molecule has 1 atom stereocenters. The van der Waals surface area contributed by atoms with Crippen LogP contribution in [0.5, 0.6) is 0 Å². The molecular weight excluding hydrogens is 302 g/mol. The first-order valence-electron chi connectivity index (χ1n) is 9.94. The predicted octanol–water partition coefficient (Wildman–Crippen LogP) is 1.71. The smallest absolute Gasteiger partial charge is 0.239 e. The Morgan fingerprint density at radius 3 is 2.12 bits per heavy atom. The van der Waals surface area contributed by atoms with E-state index < -0.39 is 0 Å². The van der Waals surface area contributed by atoms with Crippen LogP contribution in [0.2, 0.25) is 0 Å². The van der Waals surface area contributed by atoms with Crippen LogP contribution in [0.1, 0.15) is 44.9 Å². The zero-order valence-corrected chi connectivity index (χ0v) is 15.3. The van der Waals surface area contributed by atoms with E-state index in [4.69, 9.17) is 10.5 Å². The Morgan fingerprint density at radius 1 is 1.00 bits per heavy atom. The summed E-state index contributed by atoms with van der Waals surface area (Å²) < 4.78 is 5.39. The number of likely N-dealkylation sites (tertiary alicyclic amines) is 2. The molecule has 0 aromatic carbocycles. The van der Waals surface area contributed by atoms with E-state index >= 15 is 0 Å². The third kappa shape index (κ3) is 4.70. The molecule has 3 aliphatic rings. The van der Waals surface area contributed by atoms with Crippen molar-refractivity contribution in [1.82, 2.24) is 9.80 Å². The van der Waals surface area contributed by atoms with Gasteiger partial charge in [-0.3, -0.25) is 4.79 Å². The number of rotatable bonds is 4. The molecule has 3 aliphatic heterocycles. The molecule has 1 amide bonds. The topological polar surface area (TPSA) is 58.8 Å². The highest BCUT2D eigenvalue weighted by molar-refractivity contribution is 5.81. The van der Waals surface area contributed by atoms with Crippen LogP contribution >= 0.6 is 0 Å². The molecule has 138 valence electrons. The van der Waals surface area contributed by atoms with Crippen molar-refractivity contribution in [2.45, 2.75) is 51.0 Å². The van der Waals surface area contributed by atoms with Crippen LogP contribution in [0, 0.1) is 17.8 Å². The maximum absolute atomic E-state index is 12.7. The summed E-state index contributed by atoms with van der Waals surface area (Å²) >= 11 is 0. The number of ether oxygens (including phenoxy) is 1. The summed E-state index contributed by atoms with van der Waals surface area (Å²) in [6, 6.07) is -0.312. The van der Waals surface area contributed by atoms with Crippen LogP contribution in [0.25, 0.3) is 0 Å². The second-order valence-corrected chi connectivity index (χ2v) is 8.20. The molecule has 0 spiro atoms. The Morgan fingerprint density at radius 2 is 1.54 bits per heavy atom.